The Kier molecular flexibility index (Phi) is 2.49. The maximum Gasteiger partial charge on any atom is 0.0628 e. The zero-order chi connectivity index (χ0) is 8.27. The lowest BCUT2D eigenvalue weighted by molar-refractivity contribution is 1.14. The SMILES string of the molecule is Cc1ccc(NCN)cc1C. The predicted molar refractivity (Wildman–Crippen MR) is 48.6 cm³/mol. The molecule has 11 heavy (non-hydrogen) atoms. The van der Waals surface area contributed by atoms with Gasteiger partial charge in [0.1, 0.15) is 0 Å². The van der Waals surface area contributed by atoms with Crippen LogP contribution >= 0.6 is 0 Å². The van der Waals surface area contributed by atoms with E-state index in [1.54, 1.807) is 0 Å². The third-order valence-corrected chi connectivity index (χ3v) is 1.81. The largest absolute Gasteiger partial charge is 0.373 e. The summed E-state index contributed by atoms with van der Waals surface area (Å²) in [5, 5.41) is 3.05. The summed E-state index contributed by atoms with van der Waals surface area (Å²) in [6, 6.07) is 6.23. The lowest BCUT2D eigenvalue weighted by Crippen LogP contribution is -2.10. The van der Waals surface area contributed by atoms with Crippen LogP contribution < -0.4 is 11.1 Å². The fraction of sp³-hybridized carbons (Fsp3) is 0.333. The van der Waals surface area contributed by atoms with Crippen molar-refractivity contribution in [1.29, 1.82) is 0 Å². The molecule has 60 valence electrons. The van der Waals surface area contributed by atoms with Gasteiger partial charge in [0.2, 0.25) is 0 Å². The normalized spacial score (nSPS) is 9.73. The first kappa shape index (κ1) is 8.08. The van der Waals surface area contributed by atoms with Crippen molar-refractivity contribution in [3.8, 4) is 0 Å². The minimum Gasteiger partial charge on any atom is -0.373 e. The molecule has 2 heteroatoms. The number of benzene rings is 1. The molecule has 0 aromatic heterocycles. The Balaban J connectivity index is 2.86. The molecule has 0 aliphatic carbocycles. The molecular weight excluding hydrogens is 136 g/mol. The van der Waals surface area contributed by atoms with Gasteiger partial charge in [-0.15, -0.1) is 0 Å². The molecule has 0 bridgehead atoms. The van der Waals surface area contributed by atoms with Crippen LogP contribution in [0.2, 0.25) is 0 Å². The van der Waals surface area contributed by atoms with Crippen molar-refractivity contribution in [2.24, 2.45) is 5.73 Å². The molecule has 0 spiro atoms. The number of hydrogen-bond donors (Lipinski definition) is 2. The van der Waals surface area contributed by atoms with Crippen LogP contribution in [-0.2, 0) is 0 Å². The summed E-state index contributed by atoms with van der Waals surface area (Å²) in [6.07, 6.45) is 0. The lowest BCUT2D eigenvalue weighted by Gasteiger charge is -2.05. The minimum absolute atomic E-state index is 0.489. The van der Waals surface area contributed by atoms with E-state index in [1.807, 2.05) is 6.07 Å². The summed E-state index contributed by atoms with van der Waals surface area (Å²) in [4.78, 5) is 0. The highest BCUT2D eigenvalue weighted by molar-refractivity contribution is 5.47. The van der Waals surface area contributed by atoms with Crippen molar-refractivity contribution in [2.75, 3.05) is 12.0 Å². The van der Waals surface area contributed by atoms with Gasteiger partial charge in [-0.05, 0) is 37.1 Å². The Morgan fingerprint density at radius 2 is 2.00 bits per heavy atom. The van der Waals surface area contributed by atoms with Gasteiger partial charge in [0.25, 0.3) is 0 Å². The zero-order valence-corrected chi connectivity index (χ0v) is 7.02. The summed E-state index contributed by atoms with van der Waals surface area (Å²) in [5.74, 6) is 0. The molecule has 0 aliphatic heterocycles. The number of anilines is 1. The second-order valence-corrected chi connectivity index (χ2v) is 2.68. The Bertz CT molecular complexity index is 243. The number of rotatable bonds is 2. The molecule has 0 amide bonds. The minimum atomic E-state index is 0.489. The Morgan fingerprint density at radius 1 is 1.27 bits per heavy atom. The van der Waals surface area contributed by atoms with Gasteiger partial charge in [0.15, 0.2) is 0 Å². The van der Waals surface area contributed by atoms with E-state index >= 15 is 0 Å². The van der Waals surface area contributed by atoms with E-state index in [4.69, 9.17) is 5.73 Å². The highest BCUT2D eigenvalue weighted by Crippen LogP contribution is 2.13. The highest BCUT2D eigenvalue weighted by Gasteiger charge is 1.93. The topological polar surface area (TPSA) is 38.0 Å². The molecule has 0 unspecified atom stereocenters. The molecule has 0 fully saturated rings. The molecule has 0 radical (unpaired) electrons. The molecule has 2 nitrogen and oxygen atoms in total. The first-order valence-electron chi connectivity index (χ1n) is 3.75. The lowest BCUT2D eigenvalue weighted by atomic mass is 10.1. The van der Waals surface area contributed by atoms with Crippen LogP contribution in [0.4, 0.5) is 5.69 Å². The summed E-state index contributed by atoms with van der Waals surface area (Å²) < 4.78 is 0. The smallest absolute Gasteiger partial charge is 0.0628 e. The van der Waals surface area contributed by atoms with Crippen molar-refractivity contribution < 1.29 is 0 Å². The van der Waals surface area contributed by atoms with Gasteiger partial charge in [-0.1, -0.05) is 6.07 Å². The number of nitrogens with two attached hydrogens (primary N) is 1. The summed E-state index contributed by atoms with van der Waals surface area (Å²) in [5.41, 5.74) is 9.04. The Morgan fingerprint density at radius 3 is 2.55 bits per heavy atom. The monoisotopic (exact) mass is 150 g/mol. The standard InChI is InChI=1S/C9H14N2/c1-7-3-4-9(11-6-10)5-8(7)2/h3-5,11H,6,10H2,1-2H3. The first-order valence-corrected chi connectivity index (χ1v) is 3.75. The molecule has 0 saturated carbocycles. The molecule has 1 aromatic carbocycles. The van der Waals surface area contributed by atoms with Crippen molar-refractivity contribution in [3.05, 3.63) is 29.3 Å². The third-order valence-electron chi connectivity index (χ3n) is 1.81. The molecule has 0 saturated heterocycles. The summed E-state index contributed by atoms with van der Waals surface area (Å²) >= 11 is 0. The molecule has 1 rings (SSSR count). The second kappa shape index (κ2) is 3.39. The fourth-order valence-electron chi connectivity index (χ4n) is 0.969. The van der Waals surface area contributed by atoms with Gasteiger partial charge in [-0.25, -0.2) is 0 Å². The molecule has 3 N–H and O–H groups in total. The van der Waals surface area contributed by atoms with E-state index in [-0.39, 0.29) is 0 Å². The highest BCUT2D eigenvalue weighted by atomic mass is 15.0. The van der Waals surface area contributed by atoms with Crippen molar-refractivity contribution in [2.45, 2.75) is 13.8 Å². The Labute approximate surface area is 67.4 Å². The van der Waals surface area contributed by atoms with E-state index in [0.29, 0.717) is 6.67 Å². The van der Waals surface area contributed by atoms with Crippen LogP contribution in [-0.4, -0.2) is 6.67 Å². The van der Waals surface area contributed by atoms with Crippen LogP contribution in [0, 0.1) is 13.8 Å². The van der Waals surface area contributed by atoms with E-state index < -0.39 is 0 Å². The number of aryl methyl sites for hydroxylation is 2. The van der Waals surface area contributed by atoms with Gasteiger partial charge >= 0.3 is 0 Å². The first-order chi connectivity index (χ1) is 5.24. The average molecular weight is 150 g/mol. The van der Waals surface area contributed by atoms with Gasteiger partial charge in [0, 0.05) is 5.69 Å². The van der Waals surface area contributed by atoms with E-state index in [2.05, 4.69) is 31.3 Å². The summed E-state index contributed by atoms with van der Waals surface area (Å²) in [6.45, 7) is 4.68. The molecule has 0 heterocycles. The molecule has 1 aromatic rings. The van der Waals surface area contributed by atoms with E-state index in [0.717, 1.165) is 5.69 Å². The van der Waals surface area contributed by atoms with E-state index in [1.165, 1.54) is 11.1 Å². The second-order valence-electron chi connectivity index (χ2n) is 2.68. The van der Waals surface area contributed by atoms with Crippen molar-refractivity contribution in [3.63, 3.8) is 0 Å². The molecule has 0 aliphatic rings. The van der Waals surface area contributed by atoms with Gasteiger partial charge in [-0.2, -0.15) is 0 Å². The van der Waals surface area contributed by atoms with Crippen LogP contribution in [0.5, 0.6) is 0 Å². The summed E-state index contributed by atoms with van der Waals surface area (Å²) in [7, 11) is 0. The number of hydrogen-bond acceptors (Lipinski definition) is 2. The van der Waals surface area contributed by atoms with E-state index in [9.17, 15) is 0 Å². The zero-order valence-electron chi connectivity index (χ0n) is 7.02. The number of nitrogens with one attached hydrogen (secondary N) is 1. The van der Waals surface area contributed by atoms with Crippen LogP contribution in [0.15, 0.2) is 18.2 Å². The quantitative estimate of drug-likeness (QED) is 0.629. The van der Waals surface area contributed by atoms with Gasteiger partial charge in [-0.3, -0.25) is 0 Å². The maximum absolute atomic E-state index is 5.34. The van der Waals surface area contributed by atoms with Gasteiger partial charge in [0.05, 0.1) is 6.67 Å². The van der Waals surface area contributed by atoms with Crippen molar-refractivity contribution >= 4 is 5.69 Å². The Hall–Kier alpha value is -1.02. The maximum atomic E-state index is 5.34. The fourth-order valence-corrected chi connectivity index (χ4v) is 0.969. The predicted octanol–water partition coefficient (Wildman–Crippen LogP) is 1.63. The van der Waals surface area contributed by atoms with Gasteiger partial charge < -0.3 is 11.1 Å². The molecular formula is C9H14N2. The van der Waals surface area contributed by atoms with Crippen molar-refractivity contribution in [1.82, 2.24) is 0 Å². The average Bonchev–Trinajstić information content (AvgIpc) is 1.98. The van der Waals surface area contributed by atoms with Crippen LogP contribution in [0.1, 0.15) is 11.1 Å². The third kappa shape index (κ3) is 1.95. The van der Waals surface area contributed by atoms with Crippen LogP contribution in [0.25, 0.3) is 0 Å². The molecule has 0 atom stereocenters. The van der Waals surface area contributed by atoms with Crippen LogP contribution in [0.3, 0.4) is 0 Å².